The van der Waals surface area contributed by atoms with Crippen molar-refractivity contribution in [3.05, 3.63) is 76.6 Å². The van der Waals surface area contributed by atoms with E-state index < -0.39 is 17.5 Å². The second-order valence-electron chi connectivity index (χ2n) is 9.35. The van der Waals surface area contributed by atoms with Crippen LogP contribution >= 0.6 is 0 Å². The van der Waals surface area contributed by atoms with Crippen LogP contribution in [0.15, 0.2) is 36.7 Å². The Bertz CT molecular complexity index is 1490. The zero-order valence-corrected chi connectivity index (χ0v) is 19.2. The number of aryl methyl sites for hydroxylation is 2. The molecule has 0 unspecified atom stereocenters. The van der Waals surface area contributed by atoms with Crippen LogP contribution in [0.25, 0.3) is 22.2 Å². The molecule has 9 heteroatoms. The Kier molecular flexibility index (Phi) is 4.91. The van der Waals surface area contributed by atoms with Crippen LogP contribution in [0, 0.1) is 24.4 Å². The summed E-state index contributed by atoms with van der Waals surface area (Å²) in [5.74, 6) is -4.15. The molecule has 2 bridgehead atoms. The minimum absolute atomic E-state index is 0.110. The Hall–Kier alpha value is -3.75. The first kappa shape index (κ1) is 21.8. The third-order valence-corrected chi connectivity index (χ3v) is 7.16. The highest BCUT2D eigenvalue weighted by atomic mass is 19.2. The van der Waals surface area contributed by atoms with Crippen LogP contribution in [-0.2, 0) is 13.5 Å². The van der Waals surface area contributed by atoms with Crippen molar-refractivity contribution in [1.82, 2.24) is 24.6 Å². The van der Waals surface area contributed by atoms with E-state index >= 15 is 0 Å². The lowest BCUT2D eigenvalue weighted by Gasteiger charge is -2.45. The Labute approximate surface area is 199 Å². The maximum Gasteiger partial charge on any atom is 0.274 e. The number of aromatic nitrogens is 4. The van der Waals surface area contributed by atoms with Gasteiger partial charge in [-0.3, -0.25) is 9.48 Å². The van der Waals surface area contributed by atoms with Gasteiger partial charge in [-0.25, -0.2) is 23.1 Å². The highest BCUT2D eigenvalue weighted by Crippen LogP contribution is 2.45. The molecule has 0 saturated carbocycles. The lowest BCUT2D eigenvalue weighted by Crippen LogP contribution is -2.50. The molecule has 178 valence electrons. The van der Waals surface area contributed by atoms with Gasteiger partial charge in [0.15, 0.2) is 17.5 Å². The summed E-state index contributed by atoms with van der Waals surface area (Å²) in [7, 11) is 1.70. The average Bonchev–Trinajstić information content (AvgIpc) is 3.16. The molecule has 1 fully saturated rings. The van der Waals surface area contributed by atoms with Crippen molar-refractivity contribution < 1.29 is 18.0 Å². The second-order valence-corrected chi connectivity index (χ2v) is 9.35. The molecule has 6 nitrogen and oxygen atoms in total. The first-order chi connectivity index (χ1) is 16.8. The molecule has 2 aromatic heterocycles. The van der Waals surface area contributed by atoms with Crippen molar-refractivity contribution in [1.29, 1.82) is 0 Å². The first-order valence-corrected chi connectivity index (χ1v) is 11.6. The highest BCUT2D eigenvalue weighted by molar-refractivity contribution is 6.04. The lowest BCUT2D eigenvalue weighted by atomic mass is 9.81. The highest BCUT2D eigenvalue weighted by Gasteiger charge is 2.44. The second kappa shape index (κ2) is 7.90. The van der Waals surface area contributed by atoms with Crippen LogP contribution in [0.4, 0.5) is 13.2 Å². The van der Waals surface area contributed by atoms with Crippen LogP contribution in [0.2, 0.25) is 0 Å². The summed E-state index contributed by atoms with van der Waals surface area (Å²) in [6.45, 7) is 1.96. The van der Waals surface area contributed by atoms with Gasteiger partial charge in [-0.1, -0.05) is 11.6 Å². The standard InChI is InChI=1S/C26H22F3N5O/c1-13-6-7-20-16(8-13)24(31-12-30-20)26(35)34-15-4-3-5-21(34)23-17(11-15)25(33(2)32-23)14-9-18(27)22(29)19(28)10-14/h6-10,12,15,21H,3-5,11H2,1-2H3/t15-,21+/m0/s1. The maximum absolute atomic E-state index is 14.0. The summed E-state index contributed by atoms with van der Waals surface area (Å²) in [5.41, 5.74) is 4.41. The quantitative estimate of drug-likeness (QED) is 0.379. The van der Waals surface area contributed by atoms with Gasteiger partial charge in [-0.2, -0.15) is 5.10 Å². The minimum Gasteiger partial charge on any atom is -0.325 e. The fourth-order valence-electron chi connectivity index (χ4n) is 5.67. The van der Waals surface area contributed by atoms with Crippen molar-refractivity contribution in [2.45, 2.75) is 44.7 Å². The molecule has 0 spiro atoms. The third-order valence-electron chi connectivity index (χ3n) is 7.16. The van der Waals surface area contributed by atoms with Crippen molar-refractivity contribution in [2.75, 3.05) is 0 Å². The third kappa shape index (κ3) is 3.32. The van der Waals surface area contributed by atoms with Gasteiger partial charge in [-0.15, -0.1) is 0 Å². The van der Waals surface area contributed by atoms with Crippen molar-refractivity contribution in [2.24, 2.45) is 7.05 Å². The van der Waals surface area contributed by atoms with E-state index in [1.807, 2.05) is 30.0 Å². The number of benzene rings is 2. The predicted molar refractivity (Wildman–Crippen MR) is 123 cm³/mol. The summed E-state index contributed by atoms with van der Waals surface area (Å²) in [6, 6.07) is 7.35. The molecule has 4 heterocycles. The summed E-state index contributed by atoms with van der Waals surface area (Å²) < 4.78 is 43.2. The van der Waals surface area contributed by atoms with Gasteiger partial charge in [-0.05, 0) is 56.9 Å². The Morgan fingerprint density at radius 2 is 1.83 bits per heavy atom. The number of rotatable bonds is 2. The molecular formula is C26H22F3N5O. The maximum atomic E-state index is 14.0. The van der Waals surface area contributed by atoms with Crippen molar-refractivity contribution in [3.8, 4) is 11.3 Å². The molecule has 2 atom stereocenters. The van der Waals surface area contributed by atoms with Crippen molar-refractivity contribution >= 4 is 16.8 Å². The van der Waals surface area contributed by atoms with Gasteiger partial charge in [0.2, 0.25) is 0 Å². The van der Waals surface area contributed by atoms with Crippen molar-refractivity contribution in [3.63, 3.8) is 0 Å². The van der Waals surface area contributed by atoms with Crippen LogP contribution in [0.3, 0.4) is 0 Å². The van der Waals surface area contributed by atoms with E-state index in [9.17, 15) is 18.0 Å². The lowest BCUT2D eigenvalue weighted by molar-refractivity contribution is 0.0388. The smallest absolute Gasteiger partial charge is 0.274 e. The summed E-state index contributed by atoms with van der Waals surface area (Å²) in [4.78, 5) is 24.4. The number of hydrogen-bond acceptors (Lipinski definition) is 4. The van der Waals surface area contributed by atoms with Crippen LogP contribution in [-0.4, -0.2) is 36.6 Å². The number of hydrogen-bond donors (Lipinski definition) is 0. The van der Waals surface area contributed by atoms with E-state index in [0.717, 1.165) is 42.5 Å². The van der Waals surface area contributed by atoms with Gasteiger partial charge in [0, 0.05) is 29.6 Å². The molecule has 35 heavy (non-hydrogen) atoms. The Morgan fingerprint density at radius 1 is 1.06 bits per heavy atom. The molecule has 4 aromatic rings. The SMILES string of the molecule is Cc1ccc2ncnc(C(=O)N3[C@H]4CCC[C@@H]3c3nn(C)c(-c5cc(F)c(F)c(F)c5)c3C4)c2c1. The molecular weight excluding hydrogens is 455 g/mol. The number of amides is 1. The van der Waals surface area contributed by atoms with E-state index in [2.05, 4.69) is 15.1 Å². The van der Waals surface area contributed by atoms with Gasteiger partial charge < -0.3 is 4.90 Å². The van der Waals surface area contributed by atoms with E-state index in [1.54, 1.807) is 11.7 Å². The number of carbonyl (C=O) groups is 1. The molecule has 2 aromatic carbocycles. The first-order valence-electron chi connectivity index (χ1n) is 11.6. The molecule has 2 aliphatic rings. The zero-order valence-electron chi connectivity index (χ0n) is 19.2. The number of halogens is 3. The van der Waals surface area contributed by atoms with Gasteiger partial charge in [0.1, 0.15) is 12.0 Å². The van der Waals surface area contributed by atoms with E-state index in [4.69, 9.17) is 0 Å². The summed E-state index contributed by atoms with van der Waals surface area (Å²) in [6.07, 6.45) is 4.36. The fourth-order valence-corrected chi connectivity index (χ4v) is 5.67. The van der Waals surface area contributed by atoms with E-state index in [1.165, 1.54) is 6.33 Å². The predicted octanol–water partition coefficient (Wildman–Crippen LogP) is 5.05. The topological polar surface area (TPSA) is 63.9 Å². The molecule has 1 amide bonds. The van der Waals surface area contributed by atoms with Gasteiger partial charge in [0.05, 0.1) is 22.9 Å². The molecule has 0 aliphatic carbocycles. The van der Waals surface area contributed by atoms with Crippen LogP contribution in [0.5, 0.6) is 0 Å². The normalized spacial score (nSPS) is 19.2. The molecule has 2 aliphatic heterocycles. The monoisotopic (exact) mass is 477 g/mol. The van der Waals surface area contributed by atoms with E-state index in [0.29, 0.717) is 34.4 Å². The Balaban J connectivity index is 1.46. The largest absolute Gasteiger partial charge is 0.325 e. The number of carbonyl (C=O) groups excluding carboxylic acids is 1. The molecule has 0 N–H and O–H groups in total. The minimum atomic E-state index is -1.49. The van der Waals surface area contributed by atoms with Gasteiger partial charge in [0.25, 0.3) is 5.91 Å². The van der Waals surface area contributed by atoms with Crippen LogP contribution < -0.4 is 0 Å². The zero-order chi connectivity index (χ0) is 24.4. The fraction of sp³-hybridized carbons (Fsp3) is 0.308. The van der Waals surface area contributed by atoms with E-state index in [-0.39, 0.29) is 23.6 Å². The summed E-state index contributed by atoms with van der Waals surface area (Å²) in [5, 5.41) is 5.39. The number of piperidine rings is 1. The molecule has 6 rings (SSSR count). The summed E-state index contributed by atoms with van der Waals surface area (Å²) >= 11 is 0. The molecule has 0 radical (unpaired) electrons. The number of nitrogens with zero attached hydrogens (tertiary/aromatic N) is 5. The Morgan fingerprint density at radius 3 is 2.60 bits per heavy atom. The molecule has 1 saturated heterocycles. The van der Waals surface area contributed by atoms with Gasteiger partial charge >= 0.3 is 0 Å². The number of fused-ring (bicyclic) bond motifs is 5. The van der Waals surface area contributed by atoms with Crippen LogP contribution in [0.1, 0.15) is 52.6 Å². The average molecular weight is 477 g/mol.